The topological polar surface area (TPSA) is 57.8 Å². The summed E-state index contributed by atoms with van der Waals surface area (Å²) in [5.74, 6) is -0.136. The summed E-state index contributed by atoms with van der Waals surface area (Å²) in [5, 5.41) is 4.63. The van der Waals surface area contributed by atoms with Crippen LogP contribution in [-0.4, -0.2) is 15.9 Å². The van der Waals surface area contributed by atoms with E-state index in [0.717, 1.165) is 21.3 Å². The summed E-state index contributed by atoms with van der Waals surface area (Å²) in [4.78, 5) is 20.5. The van der Waals surface area contributed by atoms with Crippen molar-refractivity contribution in [2.45, 2.75) is 19.9 Å². The number of carbonyl (C=O) groups excluding carboxylic acids is 1. The van der Waals surface area contributed by atoms with Gasteiger partial charge in [-0.1, -0.05) is 11.6 Å². The second-order valence-corrected chi connectivity index (χ2v) is 6.32. The van der Waals surface area contributed by atoms with Gasteiger partial charge in [-0.3, -0.25) is 9.78 Å². The number of aryl methyl sites for hydroxylation is 1. The van der Waals surface area contributed by atoms with Gasteiger partial charge in [0.05, 0.1) is 11.6 Å². The molecule has 0 aliphatic carbocycles. The molecule has 2 N–H and O–H groups in total. The summed E-state index contributed by atoms with van der Waals surface area (Å²) in [7, 11) is 0. The summed E-state index contributed by atoms with van der Waals surface area (Å²) in [6, 6.07) is 5.50. The van der Waals surface area contributed by atoms with E-state index in [2.05, 4.69) is 15.3 Å². The SMILES string of the molecule is Cc1cc(Cl)cc2[nH]c(C(=O)NC(C)c3cncs3)cc12. The van der Waals surface area contributed by atoms with Crippen molar-refractivity contribution in [3.05, 3.63) is 51.1 Å². The minimum atomic E-state index is -0.136. The number of benzene rings is 1. The average Bonchev–Trinajstić information content (AvgIpc) is 3.07. The molecule has 3 aromatic rings. The van der Waals surface area contributed by atoms with E-state index < -0.39 is 0 Å². The summed E-state index contributed by atoms with van der Waals surface area (Å²) < 4.78 is 0. The molecule has 0 saturated heterocycles. The fraction of sp³-hybridized carbons (Fsp3) is 0.200. The van der Waals surface area contributed by atoms with E-state index >= 15 is 0 Å². The third-order valence-electron chi connectivity index (χ3n) is 3.38. The van der Waals surface area contributed by atoms with Gasteiger partial charge in [0.15, 0.2) is 0 Å². The predicted octanol–water partition coefficient (Wildman–Crippen LogP) is 4.08. The Morgan fingerprint density at radius 3 is 2.95 bits per heavy atom. The fourth-order valence-corrected chi connectivity index (χ4v) is 3.18. The van der Waals surface area contributed by atoms with Crippen LogP contribution in [0.3, 0.4) is 0 Å². The molecule has 0 saturated carbocycles. The number of thiazole rings is 1. The highest BCUT2D eigenvalue weighted by atomic mass is 35.5. The van der Waals surface area contributed by atoms with Crippen molar-refractivity contribution >= 4 is 39.7 Å². The van der Waals surface area contributed by atoms with Crippen LogP contribution in [0.4, 0.5) is 0 Å². The lowest BCUT2D eigenvalue weighted by Gasteiger charge is -2.10. The van der Waals surface area contributed by atoms with Crippen LogP contribution in [0.25, 0.3) is 10.9 Å². The first-order chi connectivity index (χ1) is 10.0. The Bertz CT molecular complexity index is 795. The zero-order chi connectivity index (χ0) is 15.0. The number of rotatable bonds is 3. The maximum Gasteiger partial charge on any atom is 0.268 e. The van der Waals surface area contributed by atoms with Crippen molar-refractivity contribution in [2.24, 2.45) is 0 Å². The largest absolute Gasteiger partial charge is 0.350 e. The molecule has 3 rings (SSSR count). The maximum atomic E-state index is 12.3. The molecular formula is C15H14ClN3OS. The van der Waals surface area contributed by atoms with E-state index in [1.807, 2.05) is 32.0 Å². The maximum absolute atomic E-state index is 12.3. The Labute approximate surface area is 131 Å². The molecule has 0 bridgehead atoms. The summed E-state index contributed by atoms with van der Waals surface area (Å²) in [6.07, 6.45) is 1.77. The first-order valence-electron chi connectivity index (χ1n) is 6.52. The predicted molar refractivity (Wildman–Crippen MR) is 86.0 cm³/mol. The van der Waals surface area contributed by atoms with Crippen LogP contribution in [-0.2, 0) is 0 Å². The monoisotopic (exact) mass is 319 g/mol. The van der Waals surface area contributed by atoms with Crippen LogP contribution in [0.1, 0.15) is 33.9 Å². The Balaban J connectivity index is 1.86. The smallest absolute Gasteiger partial charge is 0.268 e. The van der Waals surface area contributed by atoms with E-state index in [-0.39, 0.29) is 11.9 Å². The molecule has 1 unspecified atom stereocenters. The van der Waals surface area contributed by atoms with Crippen LogP contribution in [0.2, 0.25) is 5.02 Å². The average molecular weight is 320 g/mol. The van der Waals surface area contributed by atoms with Gasteiger partial charge < -0.3 is 10.3 Å². The molecule has 0 fully saturated rings. The standard InChI is InChI=1S/C15H14ClN3OS/c1-8-3-10(16)4-12-11(8)5-13(19-12)15(20)18-9(2)14-6-17-7-21-14/h3-7,9,19H,1-2H3,(H,18,20). The second kappa shape index (κ2) is 5.50. The first kappa shape index (κ1) is 14.1. The molecule has 4 nitrogen and oxygen atoms in total. The number of aromatic amines is 1. The Morgan fingerprint density at radius 2 is 2.24 bits per heavy atom. The van der Waals surface area contributed by atoms with Gasteiger partial charge in [-0.05, 0) is 37.6 Å². The number of carbonyl (C=O) groups is 1. The zero-order valence-electron chi connectivity index (χ0n) is 11.6. The highest BCUT2D eigenvalue weighted by molar-refractivity contribution is 7.09. The molecule has 2 aromatic heterocycles. The molecule has 1 amide bonds. The van der Waals surface area contributed by atoms with Gasteiger partial charge >= 0.3 is 0 Å². The van der Waals surface area contributed by atoms with Crippen molar-refractivity contribution in [3.8, 4) is 0 Å². The number of aromatic nitrogens is 2. The molecular weight excluding hydrogens is 306 g/mol. The van der Waals surface area contributed by atoms with Crippen LogP contribution >= 0.6 is 22.9 Å². The lowest BCUT2D eigenvalue weighted by Crippen LogP contribution is -2.26. The van der Waals surface area contributed by atoms with Crippen molar-refractivity contribution < 1.29 is 4.79 Å². The van der Waals surface area contributed by atoms with Crippen LogP contribution < -0.4 is 5.32 Å². The van der Waals surface area contributed by atoms with Crippen molar-refractivity contribution in [3.63, 3.8) is 0 Å². The van der Waals surface area contributed by atoms with Crippen LogP contribution in [0.5, 0.6) is 0 Å². The highest BCUT2D eigenvalue weighted by Gasteiger charge is 2.15. The second-order valence-electron chi connectivity index (χ2n) is 4.97. The molecule has 0 aliphatic heterocycles. The quantitative estimate of drug-likeness (QED) is 0.764. The molecule has 2 heterocycles. The molecule has 108 valence electrons. The van der Waals surface area contributed by atoms with E-state index in [1.165, 1.54) is 11.3 Å². The van der Waals surface area contributed by atoms with Crippen molar-refractivity contribution in [1.29, 1.82) is 0 Å². The van der Waals surface area contributed by atoms with E-state index in [1.54, 1.807) is 11.7 Å². The summed E-state index contributed by atoms with van der Waals surface area (Å²) >= 11 is 7.56. The molecule has 21 heavy (non-hydrogen) atoms. The van der Waals surface area contributed by atoms with E-state index in [9.17, 15) is 4.79 Å². The number of hydrogen-bond acceptors (Lipinski definition) is 3. The first-order valence-corrected chi connectivity index (χ1v) is 7.78. The van der Waals surface area contributed by atoms with Gasteiger partial charge in [0.1, 0.15) is 5.69 Å². The number of fused-ring (bicyclic) bond motifs is 1. The van der Waals surface area contributed by atoms with Crippen LogP contribution in [0.15, 0.2) is 29.9 Å². The Hall–Kier alpha value is -1.85. The van der Waals surface area contributed by atoms with Gasteiger partial charge in [-0.15, -0.1) is 11.3 Å². The number of H-pyrrole nitrogens is 1. The summed E-state index contributed by atoms with van der Waals surface area (Å²) in [5.41, 5.74) is 4.21. The number of hydrogen-bond donors (Lipinski definition) is 2. The van der Waals surface area contributed by atoms with Gasteiger partial charge in [0.25, 0.3) is 5.91 Å². The zero-order valence-corrected chi connectivity index (χ0v) is 13.2. The minimum absolute atomic E-state index is 0.0684. The molecule has 0 radical (unpaired) electrons. The lowest BCUT2D eigenvalue weighted by molar-refractivity contribution is 0.0936. The number of halogens is 1. The van der Waals surface area contributed by atoms with Gasteiger partial charge in [0, 0.05) is 27.0 Å². The Kier molecular flexibility index (Phi) is 3.69. The van der Waals surface area contributed by atoms with E-state index in [0.29, 0.717) is 10.7 Å². The van der Waals surface area contributed by atoms with E-state index in [4.69, 9.17) is 11.6 Å². The molecule has 6 heteroatoms. The van der Waals surface area contributed by atoms with Crippen LogP contribution in [0, 0.1) is 6.92 Å². The summed E-state index contributed by atoms with van der Waals surface area (Å²) in [6.45, 7) is 3.92. The number of nitrogens with one attached hydrogen (secondary N) is 2. The number of amides is 1. The molecule has 1 aromatic carbocycles. The molecule has 0 spiro atoms. The number of nitrogens with zero attached hydrogens (tertiary/aromatic N) is 1. The molecule has 1 atom stereocenters. The Morgan fingerprint density at radius 1 is 1.43 bits per heavy atom. The van der Waals surface area contributed by atoms with Gasteiger partial charge in [-0.25, -0.2) is 0 Å². The minimum Gasteiger partial charge on any atom is -0.350 e. The van der Waals surface area contributed by atoms with Gasteiger partial charge in [-0.2, -0.15) is 0 Å². The highest BCUT2D eigenvalue weighted by Crippen LogP contribution is 2.24. The van der Waals surface area contributed by atoms with Gasteiger partial charge in [0.2, 0.25) is 0 Å². The van der Waals surface area contributed by atoms with Crippen molar-refractivity contribution in [2.75, 3.05) is 0 Å². The fourth-order valence-electron chi connectivity index (χ4n) is 2.28. The third-order valence-corrected chi connectivity index (χ3v) is 4.56. The third kappa shape index (κ3) is 2.80. The lowest BCUT2D eigenvalue weighted by atomic mass is 10.1. The van der Waals surface area contributed by atoms with Crippen molar-refractivity contribution in [1.82, 2.24) is 15.3 Å². The molecule has 0 aliphatic rings. The normalized spacial score (nSPS) is 12.5.